The van der Waals surface area contributed by atoms with Crippen LogP contribution in [0.5, 0.6) is 0 Å². The third-order valence-electron chi connectivity index (χ3n) is 6.43. The van der Waals surface area contributed by atoms with Crippen molar-refractivity contribution in [2.45, 2.75) is 46.1 Å². The SMILES string of the molecule is Cc1cc(NC(=O)[C@@H](C)N2C(=O)[C@@H]3[C@H]4CC[C@H](C4)[C@@H]3C2=O)cc(C)c1Br. The summed E-state index contributed by atoms with van der Waals surface area (Å²) >= 11 is 3.51. The molecule has 3 fully saturated rings. The fraction of sp³-hybridized carbons (Fsp3) is 0.550. The van der Waals surface area contributed by atoms with Crippen molar-refractivity contribution < 1.29 is 14.4 Å². The highest BCUT2D eigenvalue weighted by Crippen LogP contribution is 2.56. The first-order valence-electron chi connectivity index (χ1n) is 9.24. The second kappa shape index (κ2) is 6.19. The van der Waals surface area contributed by atoms with E-state index in [1.54, 1.807) is 6.92 Å². The molecule has 1 aromatic carbocycles. The van der Waals surface area contributed by atoms with E-state index in [-0.39, 0.29) is 29.6 Å². The molecule has 4 rings (SSSR count). The van der Waals surface area contributed by atoms with Gasteiger partial charge in [-0.2, -0.15) is 0 Å². The summed E-state index contributed by atoms with van der Waals surface area (Å²) in [5.41, 5.74) is 2.72. The molecule has 1 saturated heterocycles. The highest BCUT2D eigenvalue weighted by molar-refractivity contribution is 9.10. The van der Waals surface area contributed by atoms with Gasteiger partial charge in [0.25, 0.3) is 0 Å². The number of amides is 3. The number of carbonyl (C=O) groups excluding carboxylic acids is 3. The van der Waals surface area contributed by atoms with Gasteiger partial charge in [0.05, 0.1) is 11.8 Å². The van der Waals surface area contributed by atoms with Crippen LogP contribution in [0.4, 0.5) is 5.69 Å². The van der Waals surface area contributed by atoms with Gasteiger partial charge >= 0.3 is 0 Å². The molecule has 0 unspecified atom stereocenters. The third kappa shape index (κ3) is 2.53. The van der Waals surface area contributed by atoms with Crippen molar-refractivity contribution in [1.29, 1.82) is 0 Å². The Morgan fingerprint density at radius 3 is 2.12 bits per heavy atom. The Bertz CT molecular complexity index is 770. The Kier molecular flexibility index (Phi) is 4.21. The van der Waals surface area contributed by atoms with Crippen LogP contribution < -0.4 is 5.32 Å². The Morgan fingerprint density at radius 2 is 1.62 bits per heavy atom. The second-order valence-corrected chi connectivity index (χ2v) is 8.81. The summed E-state index contributed by atoms with van der Waals surface area (Å²) in [7, 11) is 0. The minimum Gasteiger partial charge on any atom is -0.324 e. The zero-order valence-electron chi connectivity index (χ0n) is 15.2. The van der Waals surface area contributed by atoms with Gasteiger partial charge in [-0.3, -0.25) is 19.3 Å². The number of carbonyl (C=O) groups is 3. The average Bonchev–Trinajstić information content (AvgIpc) is 3.26. The van der Waals surface area contributed by atoms with Gasteiger partial charge < -0.3 is 5.32 Å². The Morgan fingerprint density at radius 1 is 1.12 bits per heavy atom. The summed E-state index contributed by atoms with van der Waals surface area (Å²) in [5.74, 6) is -0.310. The predicted molar refractivity (Wildman–Crippen MR) is 101 cm³/mol. The van der Waals surface area contributed by atoms with Gasteiger partial charge in [-0.25, -0.2) is 0 Å². The zero-order valence-corrected chi connectivity index (χ0v) is 16.8. The van der Waals surface area contributed by atoms with Crippen molar-refractivity contribution in [3.63, 3.8) is 0 Å². The van der Waals surface area contributed by atoms with E-state index in [2.05, 4.69) is 21.2 Å². The number of nitrogens with zero attached hydrogens (tertiary/aromatic N) is 1. The lowest BCUT2D eigenvalue weighted by Crippen LogP contribution is -2.46. The second-order valence-electron chi connectivity index (χ2n) is 8.02. The minimum atomic E-state index is -0.788. The quantitative estimate of drug-likeness (QED) is 0.764. The molecule has 0 aromatic heterocycles. The Hall–Kier alpha value is -1.69. The van der Waals surface area contributed by atoms with Crippen LogP contribution >= 0.6 is 15.9 Å². The van der Waals surface area contributed by atoms with Crippen LogP contribution in [0.2, 0.25) is 0 Å². The lowest BCUT2D eigenvalue weighted by molar-refractivity contribution is -0.146. The first kappa shape index (κ1) is 17.7. The van der Waals surface area contributed by atoms with Crippen LogP contribution in [0, 0.1) is 37.5 Å². The predicted octanol–water partition coefficient (Wildman–Crippen LogP) is 3.42. The lowest BCUT2D eigenvalue weighted by atomic mass is 9.81. The number of imide groups is 1. The maximum absolute atomic E-state index is 12.9. The van der Waals surface area contributed by atoms with Crippen LogP contribution in [0.3, 0.4) is 0 Å². The number of benzene rings is 1. The summed E-state index contributed by atoms with van der Waals surface area (Å²) in [6.45, 7) is 5.56. The summed E-state index contributed by atoms with van der Waals surface area (Å²) in [4.78, 5) is 39.7. The largest absolute Gasteiger partial charge is 0.324 e. The molecular weight excluding hydrogens is 396 g/mol. The number of aryl methyl sites for hydroxylation is 2. The molecule has 26 heavy (non-hydrogen) atoms. The summed E-state index contributed by atoms with van der Waals surface area (Å²) in [6.07, 6.45) is 3.08. The molecule has 2 bridgehead atoms. The molecule has 0 spiro atoms. The van der Waals surface area contributed by atoms with Gasteiger partial charge in [-0.1, -0.05) is 15.9 Å². The molecule has 1 aromatic rings. The summed E-state index contributed by atoms with van der Waals surface area (Å²) in [5, 5.41) is 2.87. The number of likely N-dealkylation sites (tertiary alicyclic amines) is 1. The van der Waals surface area contributed by atoms with E-state index in [1.807, 2.05) is 26.0 Å². The van der Waals surface area contributed by atoms with Crippen molar-refractivity contribution >= 4 is 39.3 Å². The van der Waals surface area contributed by atoms with Crippen LogP contribution in [-0.4, -0.2) is 28.7 Å². The number of nitrogens with one attached hydrogen (secondary N) is 1. The Balaban J connectivity index is 1.52. The zero-order chi connectivity index (χ0) is 18.7. The fourth-order valence-electron chi connectivity index (χ4n) is 5.20. The molecule has 2 aliphatic carbocycles. The molecule has 1 N–H and O–H groups in total. The van der Waals surface area contributed by atoms with E-state index in [4.69, 9.17) is 0 Å². The third-order valence-corrected chi connectivity index (χ3v) is 7.68. The molecule has 5 nitrogen and oxygen atoms in total. The number of anilines is 1. The molecule has 3 amide bonds. The van der Waals surface area contributed by atoms with E-state index in [0.29, 0.717) is 17.5 Å². The standard InChI is InChI=1S/C20H23BrN2O3/c1-9-6-14(7-10(2)17(9)21)22-18(24)11(3)23-19(25)15-12-4-5-13(8-12)16(15)20(23)26/h6-7,11-13,15-16H,4-5,8H2,1-3H3,(H,22,24)/t11-,12-,13+,15+,16-/m1/s1. The molecule has 6 heteroatoms. The highest BCUT2D eigenvalue weighted by Gasteiger charge is 2.62. The van der Waals surface area contributed by atoms with E-state index in [1.165, 1.54) is 4.90 Å². The normalized spacial score (nSPS) is 30.7. The van der Waals surface area contributed by atoms with Gasteiger partial charge in [0.2, 0.25) is 17.7 Å². The smallest absolute Gasteiger partial charge is 0.247 e. The van der Waals surface area contributed by atoms with E-state index >= 15 is 0 Å². The number of hydrogen-bond donors (Lipinski definition) is 1. The van der Waals surface area contributed by atoms with E-state index in [9.17, 15) is 14.4 Å². The number of rotatable bonds is 3. The minimum absolute atomic E-state index is 0.141. The number of hydrogen-bond acceptors (Lipinski definition) is 3. The van der Waals surface area contributed by atoms with Crippen molar-refractivity contribution in [2.75, 3.05) is 5.32 Å². The Labute approximate surface area is 161 Å². The first-order chi connectivity index (χ1) is 12.3. The van der Waals surface area contributed by atoms with Crippen LogP contribution in [0.25, 0.3) is 0 Å². The van der Waals surface area contributed by atoms with Crippen LogP contribution in [0.1, 0.15) is 37.3 Å². The van der Waals surface area contributed by atoms with Gasteiger partial charge in [0.1, 0.15) is 6.04 Å². The van der Waals surface area contributed by atoms with Crippen LogP contribution in [-0.2, 0) is 14.4 Å². The van der Waals surface area contributed by atoms with Crippen molar-refractivity contribution in [3.05, 3.63) is 27.7 Å². The molecule has 1 heterocycles. The molecule has 0 radical (unpaired) electrons. The molecule has 1 aliphatic heterocycles. The topological polar surface area (TPSA) is 66.5 Å². The number of fused-ring (bicyclic) bond motifs is 5. The van der Waals surface area contributed by atoms with E-state index in [0.717, 1.165) is 34.9 Å². The van der Waals surface area contributed by atoms with E-state index < -0.39 is 6.04 Å². The monoisotopic (exact) mass is 418 g/mol. The van der Waals surface area contributed by atoms with Crippen LogP contribution in [0.15, 0.2) is 16.6 Å². The fourth-order valence-corrected chi connectivity index (χ4v) is 5.42. The first-order valence-corrected chi connectivity index (χ1v) is 10.0. The summed E-state index contributed by atoms with van der Waals surface area (Å²) < 4.78 is 1.01. The number of halogens is 1. The lowest BCUT2D eigenvalue weighted by Gasteiger charge is -2.24. The highest BCUT2D eigenvalue weighted by atomic mass is 79.9. The van der Waals surface area contributed by atoms with Gasteiger partial charge in [0.15, 0.2) is 0 Å². The summed E-state index contributed by atoms with van der Waals surface area (Å²) in [6, 6.07) is 2.97. The van der Waals surface area contributed by atoms with Gasteiger partial charge in [-0.15, -0.1) is 0 Å². The van der Waals surface area contributed by atoms with Crippen molar-refractivity contribution in [3.8, 4) is 0 Å². The van der Waals surface area contributed by atoms with Gasteiger partial charge in [0, 0.05) is 10.2 Å². The maximum atomic E-state index is 12.9. The average molecular weight is 419 g/mol. The molecule has 2 saturated carbocycles. The van der Waals surface area contributed by atoms with Gasteiger partial charge in [-0.05, 0) is 75.1 Å². The maximum Gasteiger partial charge on any atom is 0.247 e. The molecule has 138 valence electrons. The molecule has 3 aliphatic rings. The van der Waals surface area contributed by atoms with Crippen molar-refractivity contribution in [2.24, 2.45) is 23.7 Å². The molecular formula is C20H23BrN2O3. The van der Waals surface area contributed by atoms with Crippen molar-refractivity contribution in [1.82, 2.24) is 4.90 Å². The molecule has 5 atom stereocenters.